The summed E-state index contributed by atoms with van der Waals surface area (Å²) in [6, 6.07) is 39.2. The lowest BCUT2D eigenvalue weighted by atomic mass is 9.88. The fourth-order valence-corrected chi connectivity index (χ4v) is 6.72. The molecule has 3 nitrogen and oxygen atoms in total. The molecular weight excluding hydrogens is 522 g/mol. The summed E-state index contributed by atoms with van der Waals surface area (Å²) in [6.45, 7) is 0. The number of fused-ring (bicyclic) bond motifs is 3. The van der Waals surface area contributed by atoms with Crippen molar-refractivity contribution in [3.8, 4) is 0 Å². The predicted molar refractivity (Wildman–Crippen MR) is 181 cm³/mol. The van der Waals surface area contributed by atoms with E-state index < -0.39 is 0 Å². The second-order valence-electron chi connectivity index (χ2n) is 11.8. The Kier molecular flexibility index (Phi) is 6.37. The topological polar surface area (TPSA) is 28.0 Å². The molecule has 0 fully saturated rings. The first kappa shape index (κ1) is 25.7. The van der Waals surface area contributed by atoms with Gasteiger partial charge in [-0.25, -0.2) is 9.98 Å². The van der Waals surface area contributed by atoms with E-state index in [2.05, 4.69) is 145 Å². The van der Waals surface area contributed by atoms with Crippen LogP contribution >= 0.6 is 0 Å². The van der Waals surface area contributed by atoms with Gasteiger partial charge in [-0.1, -0.05) is 127 Å². The molecule has 3 heteroatoms. The molecular formula is C40H33N3. The summed E-state index contributed by atoms with van der Waals surface area (Å²) in [5.74, 6) is 2.13. The summed E-state index contributed by atoms with van der Waals surface area (Å²) in [7, 11) is 2.15. The van der Waals surface area contributed by atoms with E-state index in [1.54, 1.807) is 0 Å². The van der Waals surface area contributed by atoms with Crippen molar-refractivity contribution in [2.24, 2.45) is 9.98 Å². The van der Waals surface area contributed by atoms with Gasteiger partial charge in [-0.05, 0) is 69.1 Å². The summed E-state index contributed by atoms with van der Waals surface area (Å²) >= 11 is 0. The zero-order chi connectivity index (χ0) is 28.8. The number of aryl methyl sites for hydroxylation is 1. The van der Waals surface area contributed by atoms with E-state index in [1.165, 1.54) is 43.8 Å². The normalized spacial score (nSPS) is 19.9. The number of nitrogens with zero attached hydrogens (tertiary/aromatic N) is 3. The fraction of sp³-hybridized carbons (Fsp3) is 0.150. The van der Waals surface area contributed by atoms with Crippen molar-refractivity contribution < 1.29 is 0 Å². The van der Waals surface area contributed by atoms with Crippen molar-refractivity contribution in [1.29, 1.82) is 0 Å². The van der Waals surface area contributed by atoms with Crippen LogP contribution in [0, 0.1) is 0 Å². The lowest BCUT2D eigenvalue weighted by molar-refractivity contribution is 0.408. The van der Waals surface area contributed by atoms with E-state index in [0.717, 1.165) is 42.1 Å². The largest absolute Gasteiger partial charge is 0.334 e. The monoisotopic (exact) mass is 555 g/mol. The molecule has 0 spiro atoms. The number of hydrogen-bond donors (Lipinski definition) is 0. The minimum Gasteiger partial charge on any atom is -0.334 e. The molecule has 3 aliphatic rings. The van der Waals surface area contributed by atoms with Gasteiger partial charge in [0.25, 0.3) is 0 Å². The molecule has 43 heavy (non-hydrogen) atoms. The van der Waals surface area contributed by atoms with Crippen LogP contribution < -0.4 is 0 Å². The van der Waals surface area contributed by atoms with Gasteiger partial charge in [-0.2, -0.15) is 0 Å². The molecule has 8 rings (SSSR count). The van der Waals surface area contributed by atoms with Crippen molar-refractivity contribution in [3.63, 3.8) is 0 Å². The van der Waals surface area contributed by atoms with Gasteiger partial charge in [0.1, 0.15) is 12.0 Å². The molecule has 0 radical (unpaired) electrons. The fourth-order valence-electron chi connectivity index (χ4n) is 6.72. The zero-order valence-corrected chi connectivity index (χ0v) is 24.3. The van der Waals surface area contributed by atoms with Crippen molar-refractivity contribution in [2.75, 3.05) is 7.05 Å². The average molecular weight is 556 g/mol. The first-order valence-corrected chi connectivity index (χ1v) is 15.2. The van der Waals surface area contributed by atoms with Gasteiger partial charge in [0.2, 0.25) is 0 Å². The lowest BCUT2D eigenvalue weighted by Crippen LogP contribution is -2.42. The van der Waals surface area contributed by atoms with E-state index >= 15 is 0 Å². The second kappa shape index (κ2) is 10.7. The molecule has 1 aliphatic heterocycles. The van der Waals surface area contributed by atoms with Crippen LogP contribution in [0.1, 0.15) is 41.0 Å². The number of amidine groups is 2. The number of benzene rings is 5. The molecule has 5 aromatic carbocycles. The maximum atomic E-state index is 5.31. The standard InChI is InChI=1S/C40H33N3/c1-43-39(31-19-14-30(15-20-31)35-21-16-27-8-2-5-11-32(27)24-35)41-38(36-22-17-28-9-3-6-12-33(28)25-36)42-40(43)37-23-18-29-10-4-7-13-34(29)26-37/h2-14,16-17,19-22,24-26,30,40H,15,18,23H2,1H3/t30-,40?/m1/s1. The number of likely N-dealkylation sites (N-methyl/N-ethyl adjacent to an activating group) is 1. The molecule has 1 heterocycles. The third kappa shape index (κ3) is 4.81. The number of hydrogen-bond acceptors (Lipinski definition) is 3. The van der Waals surface area contributed by atoms with Crippen LogP contribution in [-0.2, 0) is 6.42 Å². The van der Waals surface area contributed by atoms with E-state index in [-0.39, 0.29) is 6.17 Å². The molecule has 2 atom stereocenters. The summed E-state index contributed by atoms with van der Waals surface area (Å²) in [5.41, 5.74) is 7.62. The number of aliphatic imine (C=N–C) groups is 2. The summed E-state index contributed by atoms with van der Waals surface area (Å²) in [5, 5.41) is 5.01. The maximum Gasteiger partial charge on any atom is 0.159 e. The van der Waals surface area contributed by atoms with Crippen LogP contribution in [0.3, 0.4) is 0 Å². The van der Waals surface area contributed by atoms with E-state index in [1.807, 2.05) is 0 Å². The van der Waals surface area contributed by atoms with E-state index in [4.69, 9.17) is 9.98 Å². The Balaban J connectivity index is 1.16. The quantitative estimate of drug-likeness (QED) is 0.217. The van der Waals surface area contributed by atoms with Gasteiger partial charge in [0, 0.05) is 24.1 Å². The molecule has 0 amide bonds. The van der Waals surface area contributed by atoms with Gasteiger partial charge in [-0.15, -0.1) is 0 Å². The second-order valence-corrected chi connectivity index (χ2v) is 11.8. The Labute approximate surface area is 252 Å². The maximum absolute atomic E-state index is 5.31. The van der Waals surface area contributed by atoms with E-state index in [9.17, 15) is 0 Å². The molecule has 0 aromatic heterocycles. The Bertz CT molecular complexity index is 2040. The third-order valence-electron chi connectivity index (χ3n) is 9.14. The van der Waals surface area contributed by atoms with E-state index in [0.29, 0.717) is 5.92 Å². The molecule has 0 saturated carbocycles. The molecule has 0 N–H and O–H groups in total. The Morgan fingerprint density at radius 2 is 1.44 bits per heavy atom. The van der Waals surface area contributed by atoms with Gasteiger partial charge in [0.05, 0.1) is 0 Å². The summed E-state index contributed by atoms with van der Waals surface area (Å²) in [4.78, 5) is 12.8. The van der Waals surface area contributed by atoms with Crippen LogP contribution in [0.15, 0.2) is 149 Å². The van der Waals surface area contributed by atoms with Gasteiger partial charge < -0.3 is 4.90 Å². The van der Waals surface area contributed by atoms with Crippen LogP contribution in [0.2, 0.25) is 0 Å². The molecule has 2 aliphatic carbocycles. The van der Waals surface area contributed by atoms with Crippen LogP contribution in [-0.4, -0.2) is 29.8 Å². The van der Waals surface area contributed by atoms with Crippen molar-refractivity contribution in [2.45, 2.75) is 31.3 Å². The zero-order valence-electron chi connectivity index (χ0n) is 24.3. The first-order valence-electron chi connectivity index (χ1n) is 15.2. The highest BCUT2D eigenvalue weighted by Gasteiger charge is 2.30. The molecule has 0 bridgehead atoms. The molecule has 208 valence electrons. The smallest absolute Gasteiger partial charge is 0.159 e. The van der Waals surface area contributed by atoms with Crippen LogP contribution in [0.5, 0.6) is 0 Å². The summed E-state index contributed by atoms with van der Waals surface area (Å²) < 4.78 is 0. The first-order chi connectivity index (χ1) is 21.2. The molecule has 0 saturated heterocycles. The average Bonchev–Trinajstić information content (AvgIpc) is 3.08. The Hall–Kier alpha value is -5.02. The van der Waals surface area contributed by atoms with Gasteiger partial charge >= 0.3 is 0 Å². The van der Waals surface area contributed by atoms with Crippen LogP contribution in [0.25, 0.3) is 27.6 Å². The van der Waals surface area contributed by atoms with Crippen molar-refractivity contribution >= 4 is 39.3 Å². The van der Waals surface area contributed by atoms with Crippen molar-refractivity contribution in [1.82, 2.24) is 4.90 Å². The highest BCUT2D eigenvalue weighted by atomic mass is 15.3. The lowest BCUT2D eigenvalue weighted by Gasteiger charge is -2.35. The minimum atomic E-state index is -0.102. The molecule has 5 aromatic rings. The highest BCUT2D eigenvalue weighted by Crippen LogP contribution is 2.34. The number of rotatable bonds is 4. The third-order valence-corrected chi connectivity index (χ3v) is 9.14. The van der Waals surface area contributed by atoms with Gasteiger partial charge in [0.15, 0.2) is 5.84 Å². The Morgan fingerprint density at radius 3 is 2.23 bits per heavy atom. The SMILES string of the molecule is CN1C(C2=CC[C@H](c3ccc4ccccc4c3)C=C2)=NC(c2ccc3ccccc3c2)=NC1C1=Cc2ccccc2CC1. The van der Waals surface area contributed by atoms with Crippen LogP contribution in [0.4, 0.5) is 0 Å². The highest BCUT2D eigenvalue weighted by molar-refractivity contribution is 6.14. The minimum absolute atomic E-state index is 0.102. The van der Waals surface area contributed by atoms with Gasteiger partial charge in [-0.3, -0.25) is 0 Å². The predicted octanol–water partition coefficient (Wildman–Crippen LogP) is 9.11. The Morgan fingerprint density at radius 1 is 0.721 bits per heavy atom. The summed E-state index contributed by atoms with van der Waals surface area (Å²) in [6.07, 6.45) is 12.2. The van der Waals surface area contributed by atoms with Crippen molar-refractivity contribution in [3.05, 3.63) is 161 Å². The molecule has 1 unspecified atom stereocenters. The number of allylic oxidation sites excluding steroid dienone is 2.